The van der Waals surface area contributed by atoms with E-state index in [1.54, 1.807) is 35.4 Å². The number of rotatable bonds is 3. The van der Waals surface area contributed by atoms with E-state index in [1.165, 1.54) is 0 Å². The third-order valence-electron chi connectivity index (χ3n) is 3.67. The topological polar surface area (TPSA) is 75.6 Å². The van der Waals surface area contributed by atoms with Crippen molar-refractivity contribution in [3.05, 3.63) is 71.9 Å². The van der Waals surface area contributed by atoms with E-state index in [9.17, 15) is 4.79 Å². The number of aromatic nitrogens is 4. The molecule has 0 aliphatic rings. The summed E-state index contributed by atoms with van der Waals surface area (Å²) in [6.07, 6.45) is 5.14. The smallest absolute Gasteiger partial charge is 0.276 e. The summed E-state index contributed by atoms with van der Waals surface area (Å²) in [6.45, 7) is 0. The van der Waals surface area contributed by atoms with E-state index in [0.29, 0.717) is 16.4 Å². The van der Waals surface area contributed by atoms with Crippen LogP contribution in [0.15, 0.2) is 61.2 Å². The van der Waals surface area contributed by atoms with Crippen LogP contribution in [-0.4, -0.2) is 25.7 Å². The SMILES string of the molecule is O=C(Nc1ccc(-n2ccnc2)c(Cl)c1)c1n[nH]c2ccccc12. The molecule has 6 nitrogen and oxygen atoms in total. The largest absolute Gasteiger partial charge is 0.321 e. The van der Waals surface area contributed by atoms with Crippen LogP contribution < -0.4 is 5.32 Å². The number of halogens is 1. The highest BCUT2D eigenvalue weighted by Gasteiger charge is 2.14. The number of benzene rings is 2. The van der Waals surface area contributed by atoms with E-state index in [2.05, 4.69) is 20.5 Å². The monoisotopic (exact) mass is 337 g/mol. The van der Waals surface area contributed by atoms with Crippen LogP contribution in [0, 0.1) is 0 Å². The van der Waals surface area contributed by atoms with Crippen LogP contribution in [0.5, 0.6) is 0 Å². The van der Waals surface area contributed by atoms with Crippen molar-refractivity contribution in [1.82, 2.24) is 19.7 Å². The first-order valence-electron chi connectivity index (χ1n) is 7.25. The average molecular weight is 338 g/mol. The fourth-order valence-electron chi connectivity index (χ4n) is 2.52. The quantitative estimate of drug-likeness (QED) is 0.599. The standard InChI is InChI=1S/C17H12ClN5O/c18-13-9-11(5-6-15(13)23-8-7-19-10-23)20-17(24)16-12-3-1-2-4-14(12)21-22-16/h1-10H,(H,20,24)(H,21,22). The van der Waals surface area contributed by atoms with Gasteiger partial charge in [0.25, 0.3) is 5.91 Å². The van der Waals surface area contributed by atoms with Crippen molar-refractivity contribution in [1.29, 1.82) is 0 Å². The van der Waals surface area contributed by atoms with Crippen molar-refractivity contribution < 1.29 is 4.79 Å². The maximum atomic E-state index is 12.5. The van der Waals surface area contributed by atoms with Crippen molar-refractivity contribution in [2.75, 3.05) is 5.32 Å². The molecule has 2 heterocycles. The predicted octanol–water partition coefficient (Wildman–Crippen LogP) is 3.65. The Morgan fingerprint density at radius 2 is 2.08 bits per heavy atom. The Balaban J connectivity index is 1.61. The van der Waals surface area contributed by atoms with Gasteiger partial charge in [0.15, 0.2) is 5.69 Å². The minimum Gasteiger partial charge on any atom is -0.321 e. The van der Waals surface area contributed by atoms with E-state index in [-0.39, 0.29) is 5.91 Å². The number of nitrogens with one attached hydrogen (secondary N) is 2. The summed E-state index contributed by atoms with van der Waals surface area (Å²) in [4.78, 5) is 16.5. The fraction of sp³-hybridized carbons (Fsp3) is 0. The van der Waals surface area contributed by atoms with Crippen LogP contribution in [0.1, 0.15) is 10.5 Å². The zero-order valence-electron chi connectivity index (χ0n) is 12.4. The molecule has 0 fully saturated rings. The number of imidazole rings is 1. The average Bonchev–Trinajstić information content (AvgIpc) is 3.24. The first-order chi connectivity index (χ1) is 11.7. The lowest BCUT2D eigenvalue weighted by molar-refractivity contribution is 0.102. The Bertz CT molecular complexity index is 1020. The molecular weight excluding hydrogens is 326 g/mol. The Labute approximate surface area is 142 Å². The summed E-state index contributed by atoms with van der Waals surface area (Å²) in [5.41, 5.74) is 2.55. The molecule has 0 unspecified atom stereocenters. The number of fused-ring (bicyclic) bond motifs is 1. The van der Waals surface area contributed by atoms with Gasteiger partial charge in [0.05, 0.1) is 22.6 Å². The molecule has 2 aromatic heterocycles. The molecule has 2 aromatic carbocycles. The van der Waals surface area contributed by atoms with Gasteiger partial charge in [0.1, 0.15) is 0 Å². The molecule has 4 aromatic rings. The van der Waals surface area contributed by atoms with Gasteiger partial charge in [-0.25, -0.2) is 4.98 Å². The highest BCUT2D eigenvalue weighted by Crippen LogP contribution is 2.25. The van der Waals surface area contributed by atoms with Gasteiger partial charge in [0, 0.05) is 23.5 Å². The first kappa shape index (κ1) is 14.5. The summed E-state index contributed by atoms with van der Waals surface area (Å²) in [7, 11) is 0. The Hall–Kier alpha value is -3.12. The molecule has 118 valence electrons. The maximum absolute atomic E-state index is 12.5. The molecule has 0 aliphatic heterocycles. The van der Waals surface area contributed by atoms with Gasteiger partial charge < -0.3 is 9.88 Å². The highest BCUT2D eigenvalue weighted by atomic mass is 35.5. The van der Waals surface area contributed by atoms with E-state index in [4.69, 9.17) is 11.6 Å². The molecule has 2 N–H and O–H groups in total. The summed E-state index contributed by atoms with van der Waals surface area (Å²) >= 11 is 6.30. The molecule has 4 rings (SSSR count). The molecule has 0 saturated carbocycles. The number of amides is 1. The molecule has 0 spiro atoms. The zero-order chi connectivity index (χ0) is 16.5. The molecule has 0 aliphatic carbocycles. The fourth-order valence-corrected chi connectivity index (χ4v) is 2.80. The van der Waals surface area contributed by atoms with Crippen LogP contribution in [0.4, 0.5) is 5.69 Å². The Kier molecular flexibility index (Phi) is 3.51. The maximum Gasteiger partial charge on any atom is 0.276 e. The first-order valence-corrected chi connectivity index (χ1v) is 7.62. The highest BCUT2D eigenvalue weighted by molar-refractivity contribution is 6.32. The van der Waals surface area contributed by atoms with Gasteiger partial charge in [-0.1, -0.05) is 29.8 Å². The second kappa shape index (κ2) is 5.82. The van der Waals surface area contributed by atoms with Crippen molar-refractivity contribution in [3.8, 4) is 5.69 Å². The lowest BCUT2D eigenvalue weighted by atomic mass is 10.2. The molecule has 1 amide bonds. The number of anilines is 1. The molecule has 0 radical (unpaired) electrons. The van der Waals surface area contributed by atoms with Gasteiger partial charge in [-0.05, 0) is 24.3 Å². The second-order valence-corrected chi connectivity index (χ2v) is 5.62. The van der Waals surface area contributed by atoms with Gasteiger partial charge >= 0.3 is 0 Å². The number of carbonyl (C=O) groups is 1. The molecule has 24 heavy (non-hydrogen) atoms. The van der Waals surface area contributed by atoms with Crippen LogP contribution in [0.25, 0.3) is 16.6 Å². The van der Waals surface area contributed by atoms with Crippen LogP contribution in [0.2, 0.25) is 5.02 Å². The van der Waals surface area contributed by atoms with Gasteiger partial charge in [-0.15, -0.1) is 0 Å². The minimum atomic E-state index is -0.293. The predicted molar refractivity (Wildman–Crippen MR) is 92.6 cm³/mol. The third-order valence-corrected chi connectivity index (χ3v) is 3.98. The van der Waals surface area contributed by atoms with E-state index in [0.717, 1.165) is 16.6 Å². The summed E-state index contributed by atoms with van der Waals surface area (Å²) in [6, 6.07) is 12.8. The van der Waals surface area contributed by atoms with Gasteiger partial charge in [0.2, 0.25) is 0 Å². The van der Waals surface area contributed by atoms with Gasteiger partial charge in [-0.2, -0.15) is 5.10 Å². The van der Waals surface area contributed by atoms with Gasteiger partial charge in [-0.3, -0.25) is 9.89 Å². The van der Waals surface area contributed by atoms with Crippen molar-refractivity contribution >= 4 is 34.1 Å². The van der Waals surface area contributed by atoms with Crippen molar-refractivity contribution in [2.45, 2.75) is 0 Å². The van der Waals surface area contributed by atoms with Crippen molar-refractivity contribution in [3.63, 3.8) is 0 Å². The summed E-state index contributed by atoms with van der Waals surface area (Å²) < 4.78 is 1.80. The third kappa shape index (κ3) is 2.53. The number of carbonyl (C=O) groups excluding carboxylic acids is 1. The summed E-state index contributed by atoms with van der Waals surface area (Å²) in [5.74, 6) is -0.293. The van der Waals surface area contributed by atoms with Crippen LogP contribution in [-0.2, 0) is 0 Å². The van der Waals surface area contributed by atoms with Crippen molar-refractivity contribution in [2.24, 2.45) is 0 Å². The minimum absolute atomic E-state index is 0.293. The Morgan fingerprint density at radius 1 is 1.21 bits per heavy atom. The number of aromatic amines is 1. The molecule has 0 saturated heterocycles. The van der Waals surface area contributed by atoms with Crippen LogP contribution >= 0.6 is 11.6 Å². The molecule has 0 atom stereocenters. The molecule has 7 heteroatoms. The zero-order valence-corrected chi connectivity index (χ0v) is 13.2. The number of para-hydroxylation sites is 1. The number of hydrogen-bond acceptors (Lipinski definition) is 3. The Morgan fingerprint density at radius 3 is 2.88 bits per heavy atom. The number of nitrogens with zero attached hydrogens (tertiary/aromatic N) is 3. The van der Waals surface area contributed by atoms with E-state index < -0.39 is 0 Å². The summed E-state index contributed by atoms with van der Waals surface area (Å²) in [5, 5.41) is 11.0. The lowest BCUT2D eigenvalue weighted by Crippen LogP contribution is -2.13. The van der Waals surface area contributed by atoms with E-state index in [1.807, 2.05) is 30.3 Å². The number of hydrogen-bond donors (Lipinski definition) is 2. The molecule has 0 bridgehead atoms. The normalized spacial score (nSPS) is 10.9. The van der Waals surface area contributed by atoms with Crippen LogP contribution in [0.3, 0.4) is 0 Å². The lowest BCUT2D eigenvalue weighted by Gasteiger charge is -2.08. The van der Waals surface area contributed by atoms with E-state index >= 15 is 0 Å². The number of H-pyrrole nitrogens is 1. The molecular formula is C17H12ClN5O. The second-order valence-electron chi connectivity index (χ2n) is 5.21.